The SMILES string of the molecule is c1cc(CNC2CC2)nc(CN2CCCSCC2)c1. The minimum atomic E-state index is 0.757. The smallest absolute Gasteiger partial charge is 0.0547 e. The average molecular weight is 277 g/mol. The maximum atomic E-state index is 4.79. The Morgan fingerprint density at radius 1 is 1.21 bits per heavy atom. The number of pyridine rings is 1. The molecular formula is C15H23N3S. The van der Waals surface area contributed by atoms with Crippen molar-refractivity contribution in [2.45, 2.75) is 38.4 Å². The van der Waals surface area contributed by atoms with Crippen LogP contribution < -0.4 is 5.32 Å². The van der Waals surface area contributed by atoms with E-state index in [0.29, 0.717) is 0 Å². The minimum Gasteiger partial charge on any atom is -0.308 e. The van der Waals surface area contributed by atoms with Gasteiger partial charge in [-0.15, -0.1) is 0 Å². The maximum absolute atomic E-state index is 4.79. The van der Waals surface area contributed by atoms with Crippen LogP contribution in [0.5, 0.6) is 0 Å². The van der Waals surface area contributed by atoms with E-state index in [1.54, 1.807) is 0 Å². The van der Waals surface area contributed by atoms with E-state index in [0.717, 1.165) is 19.1 Å². The highest BCUT2D eigenvalue weighted by Gasteiger charge is 2.20. The molecule has 1 aliphatic heterocycles. The third-order valence-corrected chi connectivity index (χ3v) is 4.76. The number of hydrogen-bond acceptors (Lipinski definition) is 4. The number of nitrogens with zero attached hydrogens (tertiary/aromatic N) is 2. The van der Waals surface area contributed by atoms with Gasteiger partial charge in [-0.2, -0.15) is 11.8 Å². The fourth-order valence-corrected chi connectivity index (χ4v) is 3.36. The number of hydrogen-bond donors (Lipinski definition) is 1. The molecule has 0 amide bonds. The van der Waals surface area contributed by atoms with E-state index in [9.17, 15) is 0 Å². The van der Waals surface area contributed by atoms with Crippen molar-refractivity contribution in [2.24, 2.45) is 0 Å². The van der Waals surface area contributed by atoms with E-state index in [-0.39, 0.29) is 0 Å². The normalized spacial score (nSPS) is 21.3. The van der Waals surface area contributed by atoms with Gasteiger partial charge in [-0.25, -0.2) is 0 Å². The van der Waals surface area contributed by atoms with Crippen molar-refractivity contribution in [2.75, 3.05) is 24.6 Å². The van der Waals surface area contributed by atoms with Gasteiger partial charge in [-0.1, -0.05) is 6.07 Å². The van der Waals surface area contributed by atoms with Gasteiger partial charge in [0.2, 0.25) is 0 Å². The number of nitrogens with one attached hydrogen (secondary N) is 1. The Hall–Kier alpha value is -0.580. The Bertz CT molecular complexity index is 398. The van der Waals surface area contributed by atoms with Crippen LogP contribution in [0.3, 0.4) is 0 Å². The van der Waals surface area contributed by atoms with Crippen molar-refractivity contribution in [1.82, 2.24) is 15.2 Å². The standard InChI is InChI=1S/C15H23N3S/c1-3-14(11-16-13-5-6-13)17-15(4-1)12-18-7-2-9-19-10-8-18/h1,3-4,13,16H,2,5-12H2. The summed E-state index contributed by atoms with van der Waals surface area (Å²) in [6, 6.07) is 7.21. The highest BCUT2D eigenvalue weighted by Crippen LogP contribution is 2.19. The second-order valence-corrected chi connectivity index (χ2v) is 6.74. The molecule has 2 aliphatic rings. The zero-order chi connectivity index (χ0) is 12.9. The van der Waals surface area contributed by atoms with Crippen molar-refractivity contribution < 1.29 is 0 Å². The quantitative estimate of drug-likeness (QED) is 0.894. The van der Waals surface area contributed by atoms with E-state index in [1.165, 1.54) is 55.2 Å². The van der Waals surface area contributed by atoms with Crippen molar-refractivity contribution >= 4 is 11.8 Å². The predicted octanol–water partition coefficient (Wildman–Crippen LogP) is 2.27. The van der Waals surface area contributed by atoms with E-state index < -0.39 is 0 Å². The molecule has 3 nitrogen and oxygen atoms in total. The molecule has 104 valence electrons. The van der Waals surface area contributed by atoms with E-state index in [2.05, 4.69) is 40.2 Å². The van der Waals surface area contributed by atoms with Crippen LogP contribution >= 0.6 is 11.8 Å². The zero-order valence-corrected chi connectivity index (χ0v) is 12.3. The molecule has 0 bridgehead atoms. The van der Waals surface area contributed by atoms with Crippen LogP contribution in [0.2, 0.25) is 0 Å². The first-order valence-corrected chi connectivity index (χ1v) is 8.54. The second-order valence-electron chi connectivity index (χ2n) is 5.52. The number of thioether (sulfide) groups is 1. The molecule has 0 radical (unpaired) electrons. The monoisotopic (exact) mass is 277 g/mol. The summed E-state index contributed by atoms with van der Waals surface area (Å²) in [6.07, 6.45) is 3.99. The molecule has 1 saturated carbocycles. The zero-order valence-electron chi connectivity index (χ0n) is 11.5. The fraction of sp³-hybridized carbons (Fsp3) is 0.667. The summed E-state index contributed by atoms with van der Waals surface area (Å²) in [7, 11) is 0. The molecule has 19 heavy (non-hydrogen) atoms. The van der Waals surface area contributed by atoms with Gasteiger partial charge in [-0.3, -0.25) is 9.88 Å². The molecule has 3 rings (SSSR count). The van der Waals surface area contributed by atoms with Gasteiger partial charge >= 0.3 is 0 Å². The Balaban J connectivity index is 1.54. The first-order valence-electron chi connectivity index (χ1n) is 7.38. The summed E-state index contributed by atoms with van der Waals surface area (Å²) in [5.74, 6) is 2.58. The summed E-state index contributed by atoms with van der Waals surface area (Å²) >= 11 is 2.08. The van der Waals surface area contributed by atoms with Crippen LogP contribution in [0.4, 0.5) is 0 Å². The molecule has 0 unspecified atom stereocenters. The van der Waals surface area contributed by atoms with Crippen LogP contribution in [0.25, 0.3) is 0 Å². The highest BCUT2D eigenvalue weighted by molar-refractivity contribution is 7.99. The van der Waals surface area contributed by atoms with Gasteiger partial charge < -0.3 is 5.32 Å². The lowest BCUT2D eigenvalue weighted by Gasteiger charge is -2.19. The minimum absolute atomic E-state index is 0.757. The molecule has 0 spiro atoms. The first-order chi connectivity index (χ1) is 9.40. The molecule has 1 saturated heterocycles. The molecule has 4 heteroatoms. The summed E-state index contributed by atoms with van der Waals surface area (Å²) in [6.45, 7) is 4.36. The van der Waals surface area contributed by atoms with Gasteiger partial charge in [-0.05, 0) is 43.7 Å². The summed E-state index contributed by atoms with van der Waals surface area (Å²) < 4.78 is 0. The summed E-state index contributed by atoms with van der Waals surface area (Å²) in [5.41, 5.74) is 2.41. The van der Waals surface area contributed by atoms with E-state index >= 15 is 0 Å². The van der Waals surface area contributed by atoms with E-state index in [4.69, 9.17) is 4.98 Å². The highest BCUT2D eigenvalue weighted by atomic mass is 32.2. The van der Waals surface area contributed by atoms with Gasteiger partial charge in [0.15, 0.2) is 0 Å². The third-order valence-electron chi connectivity index (χ3n) is 3.71. The first kappa shape index (κ1) is 13.4. The lowest BCUT2D eigenvalue weighted by molar-refractivity contribution is 0.284. The van der Waals surface area contributed by atoms with Crippen molar-refractivity contribution in [1.29, 1.82) is 0 Å². The Labute approximate surface area is 120 Å². The molecule has 2 heterocycles. The number of aromatic nitrogens is 1. The molecule has 0 aromatic carbocycles. The molecule has 2 fully saturated rings. The van der Waals surface area contributed by atoms with Crippen LogP contribution in [-0.2, 0) is 13.1 Å². The van der Waals surface area contributed by atoms with Crippen molar-refractivity contribution in [3.8, 4) is 0 Å². The Kier molecular flexibility index (Phi) is 4.75. The van der Waals surface area contributed by atoms with Gasteiger partial charge in [0.05, 0.1) is 11.4 Å². The molecule has 0 atom stereocenters. The molecule has 1 aromatic rings. The molecule has 1 aromatic heterocycles. The van der Waals surface area contributed by atoms with Gasteiger partial charge in [0, 0.05) is 31.4 Å². The maximum Gasteiger partial charge on any atom is 0.0547 e. The summed E-state index contributed by atoms with van der Waals surface area (Å²) in [5, 5.41) is 3.53. The topological polar surface area (TPSA) is 28.2 Å². The summed E-state index contributed by atoms with van der Waals surface area (Å²) in [4.78, 5) is 7.33. The number of rotatable bonds is 5. The predicted molar refractivity (Wildman–Crippen MR) is 81.3 cm³/mol. The molecular weight excluding hydrogens is 254 g/mol. The Morgan fingerprint density at radius 2 is 2.11 bits per heavy atom. The van der Waals surface area contributed by atoms with Crippen LogP contribution in [0.15, 0.2) is 18.2 Å². The Morgan fingerprint density at radius 3 is 3.00 bits per heavy atom. The third kappa shape index (κ3) is 4.48. The molecule has 1 N–H and O–H groups in total. The van der Waals surface area contributed by atoms with Crippen LogP contribution in [0.1, 0.15) is 30.7 Å². The largest absolute Gasteiger partial charge is 0.308 e. The fourth-order valence-electron chi connectivity index (χ4n) is 2.44. The van der Waals surface area contributed by atoms with Crippen LogP contribution in [-0.4, -0.2) is 40.5 Å². The lowest BCUT2D eigenvalue weighted by Crippen LogP contribution is -2.26. The van der Waals surface area contributed by atoms with Crippen molar-refractivity contribution in [3.63, 3.8) is 0 Å². The second kappa shape index (κ2) is 6.73. The lowest BCUT2D eigenvalue weighted by atomic mass is 10.2. The average Bonchev–Trinajstić information content (AvgIpc) is 3.25. The van der Waals surface area contributed by atoms with Gasteiger partial charge in [0.25, 0.3) is 0 Å². The van der Waals surface area contributed by atoms with Crippen molar-refractivity contribution in [3.05, 3.63) is 29.6 Å². The van der Waals surface area contributed by atoms with E-state index in [1.807, 2.05) is 0 Å². The molecule has 1 aliphatic carbocycles. The van der Waals surface area contributed by atoms with Gasteiger partial charge in [0.1, 0.15) is 0 Å². The van der Waals surface area contributed by atoms with Crippen LogP contribution in [0, 0.1) is 0 Å².